The van der Waals surface area contributed by atoms with Gasteiger partial charge in [-0.15, -0.1) is 0 Å². The summed E-state index contributed by atoms with van der Waals surface area (Å²) >= 11 is 0. The molecule has 1 aliphatic heterocycles. The number of furan rings is 1. The van der Waals surface area contributed by atoms with Crippen LogP contribution in [0, 0.1) is 0 Å². The molecule has 0 radical (unpaired) electrons. The molecule has 0 aliphatic carbocycles. The number of carbonyl (C=O) groups is 1. The summed E-state index contributed by atoms with van der Waals surface area (Å²) in [4.78, 5) is 14.1. The quantitative estimate of drug-likeness (QED) is 0.776. The van der Waals surface area contributed by atoms with Crippen molar-refractivity contribution in [1.29, 1.82) is 0 Å². The maximum atomic E-state index is 12.2. The van der Waals surface area contributed by atoms with Gasteiger partial charge in [0.15, 0.2) is 0 Å². The van der Waals surface area contributed by atoms with E-state index in [2.05, 4.69) is 6.92 Å². The lowest BCUT2D eigenvalue weighted by Crippen LogP contribution is -2.41. The van der Waals surface area contributed by atoms with E-state index in [4.69, 9.17) is 4.42 Å². The highest BCUT2D eigenvalue weighted by Gasteiger charge is 2.21. The average Bonchev–Trinajstić information content (AvgIpc) is 2.88. The van der Waals surface area contributed by atoms with Gasteiger partial charge in [0.1, 0.15) is 11.3 Å². The molecule has 1 aliphatic rings. The number of nitrogens with zero attached hydrogens (tertiary/aromatic N) is 1. The van der Waals surface area contributed by atoms with Crippen LogP contribution in [0.4, 0.5) is 0 Å². The third-order valence-electron chi connectivity index (χ3n) is 3.92. The summed E-state index contributed by atoms with van der Waals surface area (Å²) < 4.78 is 5.68. The number of amides is 1. The molecule has 1 unspecified atom stereocenters. The second-order valence-corrected chi connectivity index (χ2v) is 5.40. The minimum atomic E-state index is 0.0812. The fraction of sp³-hybridized carbons (Fsp3) is 0.353. The SMILES string of the molecule is CC1CCCCN1C(=O)/C=C/c1cc2ccccc2o1. The third kappa shape index (κ3) is 2.62. The summed E-state index contributed by atoms with van der Waals surface area (Å²) in [6.45, 7) is 2.98. The number of para-hydroxylation sites is 1. The molecule has 0 spiro atoms. The molecule has 104 valence electrons. The average molecular weight is 269 g/mol. The molecule has 2 heterocycles. The Morgan fingerprint density at radius 2 is 2.20 bits per heavy atom. The second-order valence-electron chi connectivity index (χ2n) is 5.40. The van der Waals surface area contributed by atoms with Gasteiger partial charge in [0.25, 0.3) is 0 Å². The van der Waals surface area contributed by atoms with Crippen LogP contribution < -0.4 is 0 Å². The lowest BCUT2D eigenvalue weighted by atomic mass is 10.0. The van der Waals surface area contributed by atoms with Crippen LogP contribution in [0.3, 0.4) is 0 Å². The van der Waals surface area contributed by atoms with Gasteiger partial charge in [0.2, 0.25) is 5.91 Å². The Bertz CT molecular complexity index is 608. The first-order chi connectivity index (χ1) is 9.74. The van der Waals surface area contributed by atoms with Crippen molar-refractivity contribution >= 4 is 23.0 Å². The fourth-order valence-corrected chi connectivity index (χ4v) is 2.76. The molecule has 0 N–H and O–H groups in total. The zero-order valence-corrected chi connectivity index (χ0v) is 11.7. The lowest BCUT2D eigenvalue weighted by Gasteiger charge is -2.32. The normalized spacial score (nSPS) is 19.9. The molecule has 2 aromatic rings. The van der Waals surface area contributed by atoms with Crippen LogP contribution >= 0.6 is 0 Å². The Kier molecular flexibility index (Phi) is 3.59. The van der Waals surface area contributed by atoms with Crippen molar-refractivity contribution in [3.05, 3.63) is 42.2 Å². The van der Waals surface area contributed by atoms with E-state index in [1.807, 2.05) is 35.2 Å². The van der Waals surface area contributed by atoms with Crippen molar-refractivity contribution in [3.63, 3.8) is 0 Å². The van der Waals surface area contributed by atoms with Crippen LogP contribution in [0.15, 0.2) is 40.8 Å². The number of hydrogen-bond donors (Lipinski definition) is 0. The van der Waals surface area contributed by atoms with Crippen molar-refractivity contribution < 1.29 is 9.21 Å². The van der Waals surface area contributed by atoms with Crippen molar-refractivity contribution in [2.24, 2.45) is 0 Å². The van der Waals surface area contributed by atoms with Crippen LogP contribution in [0.5, 0.6) is 0 Å². The summed E-state index contributed by atoms with van der Waals surface area (Å²) in [5.41, 5.74) is 0.853. The van der Waals surface area contributed by atoms with E-state index in [1.54, 1.807) is 12.2 Å². The Hall–Kier alpha value is -2.03. The maximum Gasteiger partial charge on any atom is 0.246 e. The summed E-state index contributed by atoms with van der Waals surface area (Å²) in [5.74, 6) is 0.807. The predicted molar refractivity (Wildman–Crippen MR) is 80.3 cm³/mol. The molecule has 20 heavy (non-hydrogen) atoms. The van der Waals surface area contributed by atoms with E-state index in [9.17, 15) is 4.79 Å². The van der Waals surface area contributed by atoms with Gasteiger partial charge < -0.3 is 9.32 Å². The fourth-order valence-electron chi connectivity index (χ4n) is 2.76. The van der Waals surface area contributed by atoms with Crippen LogP contribution in [-0.4, -0.2) is 23.4 Å². The maximum absolute atomic E-state index is 12.2. The van der Waals surface area contributed by atoms with Gasteiger partial charge in [-0.3, -0.25) is 4.79 Å². The standard InChI is InChI=1S/C17H19NO2/c1-13-6-4-5-11-18(13)17(19)10-9-15-12-14-7-2-3-8-16(14)20-15/h2-3,7-10,12-13H,4-6,11H2,1H3/b10-9+. The minimum Gasteiger partial charge on any atom is -0.457 e. The summed E-state index contributed by atoms with van der Waals surface area (Å²) in [5, 5.41) is 1.06. The molecule has 0 bridgehead atoms. The second kappa shape index (κ2) is 5.53. The van der Waals surface area contributed by atoms with Gasteiger partial charge >= 0.3 is 0 Å². The number of fused-ring (bicyclic) bond motifs is 1. The highest BCUT2D eigenvalue weighted by molar-refractivity contribution is 5.92. The number of benzene rings is 1. The predicted octanol–water partition coefficient (Wildman–Crippen LogP) is 3.85. The van der Waals surface area contributed by atoms with E-state index >= 15 is 0 Å². The van der Waals surface area contributed by atoms with Gasteiger partial charge in [-0.1, -0.05) is 18.2 Å². The van der Waals surface area contributed by atoms with Crippen molar-refractivity contribution in [2.75, 3.05) is 6.54 Å². The molecule has 1 amide bonds. The van der Waals surface area contributed by atoms with Gasteiger partial charge in [-0.2, -0.15) is 0 Å². The van der Waals surface area contributed by atoms with E-state index in [0.717, 1.165) is 36.1 Å². The first-order valence-electron chi connectivity index (χ1n) is 7.21. The molecule has 1 atom stereocenters. The molecule has 3 nitrogen and oxygen atoms in total. The smallest absolute Gasteiger partial charge is 0.246 e. The first kappa shape index (κ1) is 13.0. The monoisotopic (exact) mass is 269 g/mol. The van der Waals surface area contributed by atoms with E-state index in [0.29, 0.717) is 6.04 Å². The summed E-state index contributed by atoms with van der Waals surface area (Å²) in [6, 6.07) is 10.2. The lowest BCUT2D eigenvalue weighted by molar-refractivity contribution is -0.129. The molecule has 1 fully saturated rings. The number of carbonyl (C=O) groups excluding carboxylic acids is 1. The van der Waals surface area contributed by atoms with Crippen LogP contribution in [-0.2, 0) is 4.79 Å². The Morgan fingerprint density at radius 3 is 3.00 bits per heavy atom. The van der Waals surface area contributed by atoms with Gasteiger partial charge in [0.05, 0.1) is 0 Å². The number of hydrogen-bond acceptors (Lipinski definition) is 2. The molecule has 0 saturated carbocycles. The number of likely N-dealkylation sites (tertiary alicyclic amines) is 1. The molecule has 1 saturated heterocycles. The minimum absolute atomic E-state index is 0.0812. The zero-order chi connectivity index (χ0) is 13.9. The molecule has 3 rings (SSSR count). The Balaban J connectivity index is 1.74. The van der Waals surface area contributed by atoms with Crippen molar-refractivity contribution in [3.8, 4) is 0 Å². The van der Waals surface area contributed by atoms with Crippen LogP contribution in [0.25, 0.3) is 17.0 Å². The van der Waals surface area contributed by atoms with E-state index < -0.39 is 0 Å². The van der Waals surface area contributed by atoms with Crippen molar-refractivity contribution in [1.82, 2.24) is 4.90 Å². The highest BCUT2D eigenvalue weighted by Crippen LogP contribution is 2.20. The molecular formula is C17H19NO2. The Morgan fingerprint density at radius 1 is 1.35 bits per heavy atom. The third-order valence-corrected chi connectivity index (χ3v) is 3.92. The number of piperidine rings is 1. The topological polar surface area (TPSA) is 33.5 Å². The Labute approximate surface area is 118 Å². The first-order valence-corrected chi connectivity index (χ1v) is 7.21. The molecular weight excluding hydrogens is 250 g/mol. The van der Waals surface area contributed by atoms with Gasteiger partial charge in [-0.05, 0) is 44.4 Å². The highest BCUT2D eigenvalue weighted by atomic mass is 16.3. The summed E-state index contributed by atoms with van der Waals surface area (Å²) in [6.07, 6.45) is 6.82. The summed E-state index contributed by atoms with van der Waals surface area (Å²) in [7, 11) is 0. The van der Waals surface area contributed by atoms with E-state index in [-0.39, 0.29) is 5.91 Å². The largest absolute Gasteiger partial charge is 0.457 e. The van der Waals surface area contributed by atoms with Crippen LogP contribution in [0.2, 0.25) is 0 Å². The van der Waals surface area contributed by atoms with E-state index in [1.165, 1.54) is 6.42 Å². The van der Waals surface area contributed by atoms with Crippen LogP contribution in [0.1, 0.15) is 31.9 Å². The van der Waals surface area contributed by atoms with Crippen molar-refractivity contribution in [2.45, 2.75) is 32.2 Å². The number of rotatable bonds is 2. The molecule has 3 heteroatoms. The van der Waals surface area contributed by atoms with Gasteiger partial charge in [0, 0.05) is 24.0 Å². The molecule has 1 aromatic carbocycles. The zero-order valence-electron chi connectivity index (χ0n) is 11.7. The van der Waals surface area contributed by atoms with Gasteiger partial charge in [-0.25, -0.2) is 0 Å². The molecule has 1 aromatic heterocycles.